The molecule has 0 unspecified atom stereocenters. The Kier molecular flexibility index (Phi) is 5.74. The van der Waals surface area contributed by atoms with E-state index in [1.165, 1.54) is 12.1 Å². The van der Waals surface area contributed by atoms with Crippen molar-refractivity contribution in [3.63, 3.8) is 0 Å². The summed E-state index contributed by atoms with van der Waals surface area (Å²) in [5.74, 6) is -0.264. The molecule has 0 aliphatic carbocycles. The van der Waals surface area contributed by atoms with Gasteiger partial charge in [-0.25, -0.2) is 0 Å². The third-order valence-electron chi connectivity index (χ3n) is 4.71. The van der Waals surface area contributed by atoms with Crippen molar-refractivity contribution in [2.45, 2.75) is 25.1 Å². The highest BCUT2D eigenvalue weighted by molar-refractivity contribution is 5.81. The van der Waals surface area contributed by atoms with Gasteiger partial charge in [-0.3, -0.25) is 4.79 Å². The highest BCUT2D eigenvalue weighted by Crippen LogP contribution is 2.29. The van der Waals surface area contributed by atoms with Crippen molar-refractivity contribution in [2.75, 3.05) is 6.54 Å². The minimum Gasteiger partial charge on any atom is -0.387 e. The summed E-state index contributed by atoms with van der Waals surface area (Å²) in [6.07, 6.45) is -2.80. The van der Waals surface area contributed by atoms with E-state index in [-0.39, 0.29) is 18.9 Å². The molecular weight excluding hydrogens is 369 g/mol. The van der Waals surface area contributed by atoms with Crippen LogP contribution in [0.15, 0.2) is 54.7 Å². The monoisotopic (exact) mass is 390 g/mol. The number of aliphatic hydroxyl groups is 1. The van der Waals surface area contributed by atoms with Crippen LogP contribution >= 0.6 is 0 Å². The van der Waals surface area contributed by atoms with Crippen molar-refractivity contribution in [1.82, 2.24) is 9.88 Å². The first-order valence-corrected chi connectivity index (χ1v) is 8.90. The molecule has 7 heteroatoms. The normalized spacial score (nSPS) is 12.9. The van der Waals surface area contributed by atoms with E-state index in [2.05, 4.69) is 5.32 Å². The molecular formula is C21H21F3N2O2. The molecule has 0 fully saturated rings. The molecule has 0 radical (unpaired) electrons. The second-order valence-corrected chi connectivity index (χ2v) is 6.76. The number of rotatable bonds is 6. The zero-order valence-corrected chi connectivity index (χ0v) is 15.3. The first kappa shape index (κ1) is 19.9. The van der Waals surface area contributed by atoms with Gasteiger partial charge in [-0.05, 0) is 53.3 Å². The van der Waals surface area contributed by atoms with Gasteiger partial charge in [0.25, 0.3) is 0 Å². The Labute approximate surface area is 160 Å². The predicted molar refractivity (Wildman–Crippen MR) is 101 cm³/mol. The topological polar surface area (TPSA) is 54.3 Å². The Morgan fingerprint density at radius 2 is 1.86 bits per heavy atom. The fourth-order valence-corrected chi connectivity index (χ4v) is 3.04. The summed E-state index contributed by atoms with van der Waals surface area (Å²) in [5, 5.41) is 14.0. The number of hydrogen-bond acceptors (Lipinski definition) is 2. The average Bonchev–Trinajstić information content (AvgIpc) is 3.04. The quantitative estimate of drug-likeness (QED) is 0.669. The lowest BCUT2D eigenvalue weighted by atomic mass is 10.1. The Balaban J connectivity index is 1.49. The molecule has 28 heavy (non-hydrogen) atoms. The summed E-state index contributed by atoms with van der Waals surface area (Å²) in [4.78, 5) is 12.0. The molecule has 0 aliphatic heterocycles. The second kappa shape index (κ2) is 8.06. The van der Waals surface area contributed by atoms with Crippen LogP contribution in [0.3, 0.4) is 0 Å². The van der Waals surface area contributed by atoms with Crippen LogP contribution in [0.25, 0.3) is 10.9 Å². The first-order chi connectivity index (χ1) is 13.2. The van der Waals surface area contributed by atoms with E-state index in [4.69, 9.17) is 0 Å². The maximum absolute atomic E-state index is 12.5. The number of nitrogens with one attached hydrogen (secondary N) is 1. The molecule has 3 aromatic rings. The number of aromatic nitrogens is 1. The number of carbonyl (C=O) groups is 1. The average molecular weight is 390 g/mol. The molecule has 2 aromatic carbocycles. The summed E-state index contributed by atoms with van der Waals surface area (Å²) in [7, 11) is 1.94. The van der Waals surface area contributed by atoms with Crippen LogP contribution in [0.5, 0.6) is 0 Å². The van der Waals surface area contributed by atoms with E-state index >= 15 is 0 Å². The minimum absolute atomic E-state index is 0.0736. The van der Waals surface area contributed by atoms with Crippen LogP contribution in [0, 0.1) is 0 Å². The van der Waals surface area contributed by atoms with Gasteiger partial charge in [-0.15, -0.1) is 0 Å². The van der Waals surface area contributed by atoms with Crippen molar-refractivity contribution < 1.29 is 23.1 Å². The molecule has 1 aromatic heterocycles. The van der Waals surface area contributed by atoms with E-state index in [9.17, 15) is 23.1 Å². The smallest absolute Gasteiger partial charge is 0.387 e. The summed E-state index contributed by atoms with van der Waals surface area (Å²) in [5.41, 5.74) is 1.70. The molecule has 0 spiro atoms. The zero-order valence-electron chi connectivity index (χ0n) is 15.3. The Morgan fingerprint density at radius 3 is 2.54 bits per heavy atom. The summed E-state index contributed by atoms with van der Waals surface area (Å²) < 4.78 is 39.6. The number of alkyl halides is 3. The molecule has 0 aliphatic rings. The van der Waals surface area contributed by atoms with Gasteiger partial charge in [-0.2, -0.15) is 13.2 Å². The molecule has 3 rings (SSSR count). The third-order valence-corrected chi connectivity index (χ3v) is 4.71. The number of halogens is 3. The van der Waals surface area contributed by atoms with Gasteiger partial charge in [-0.1, -0.05) is 18.2 Å². The fraction of sp³-hybridized carbons (Fsp3) is 0.286. The Bertz CT molecular complexity index is 962. The number of carbonyl (C=O) groups excluding carboxylic acids is 1. The van der Waals surface area contributed by atoms with E-state index in [0.29, 0.717) is 17.5 Å². The van der Waals surface area contributed by atoms with Gasteiger partial charge in [0.2, 0.25) is 5.91 Å². The summed E-state index contributed by atoms with van der Waals surface area (Å²) in [6.45, 7) is 0.0736. The van der Waals surface area contributed by atoms with Crippen LogP contribution in [0.4, 0.5) is 13.2 Å². The molecule has 0 saturated heterocycles. The molecule has 148 valence electrons. The fourth-order valence-electron chi connectivity index (χ4n) is 3.04. The van der Waals surface area contributed by atoms with Gasteiger partial charge >= 0.3 is 6.18 Å². The zero-order chi connectivity index (χ0) is 20.3. The number of fused-ring (bicyclic) bond motifs is 1. The van der Waals surface area contributed by atoms with Crippen LogP contribution < -0.4 is 5.32 Å². The van der Waals surface area contributed by atoms with Gasteiger partial charge in [0.05, 0.1) is 11.7 Å². The number of aryl methyl sites for hydroxylation is 2. The molecule has 4 nitrogen and oxygen atoms in total. The van der Waals surface area contributed by atoms with Crippen molar-refractivity contribution in [2.24, 2.45) is 7.05 Å². The van der Waals surface area contributed by atoms with Crippen molar-refractivity contribution in [3.05, 3.63) is 71.4 Å². The Hall–Kier alpha value is -2.80. The molecule has 0 saturated carbocycles. The number of benzene rings is 2. The number of aliphatic hydroxyl groups excluding tert-OH is 1. The van der Waals surface area contributed by atoms with Gasteiger partial charge in [0, 0.05) is 31.7 Å². The van der Waals surface area contributed by atoms with Gasteiger partial charge in [0.15, 0.2) is 0 Å². The lowest BCUT2D eigenvalue weighted by Crippen LogP contribution is -2.28. The number of amides is 1. The van der Waals surface area contributed by atoms with Crippen molar-refractivity contribution in [3.8, 4) is 0 Å². The SMILES string of the molecule is Cn1ccc2cc([C@H](O)CNC(=O)CCc3ccc(C(F)(F)F)cc3)ccc21. The molecule has 0 bridgehead atoms. The lowest BCUT2D eigenvalue weighted by Gasteiger charge is -2.13. The van der Waals surface area contributed by atoms with Crippen LogP contribution in [0.1, 0.15) is 29.2 Å². The lowest BCUT2D eigenvalue weighted by molar-refractivity contribution is -0.137. The molecule has 2 N–H and O–H groups in total. The van der Waals surface area contributed by atoms with Crippen molar-refractivity contribution >= 4 is 16.8 Å². The Morgan fingerprint density at radius 1 is 1.14 bits per heavy atom. The second-order valence-electron chi connectivity index (χ2n) is 6.76. The summed E-state index contributed by atoms with van der Waals surface area (Å²) in [6, 6.07) is 12.3. The van der Waals surface area contributed by atoms with E-state index in [1.807, 2.05) is 42.1 Å². The standard InChI is InChI=1S/C21H21F3N2O2/c1-26-11-10-15-12-16(5-8-18(15)26)19(27)13-25-20(28)9-4-14-2-6-17(7-3-14)21(22,23)24/h2-3,5-8,10-12,19,27H,4,9,13H2,1H3,(H,25,28)/t19-/m1/s1. The molecule has 1 amide bonds. The maximum atomic E-state index is 12.5. The largest absolute Gasteiger partial charge is 0.416 e. The van der Waals surface area contributed by atoms with E-state index in [0.717, 1.165) is 23.0 Å². The van der Waals surface area contributed by atoms with E-state index < -0.39 is 17.8 Å². The number of nitrogens with zero attached hydrogens (tertiary/aromatic N) is 1. The highest BCUT2D eigenvalue weighted by atomic mass is 19.4. The summed E-state index contributed by atoms with van der Waals surface area (Å²) >= 11 is 0. The van der Waals surface area contributed by atoms with Gasteiger partial charge in [0.1, 0.15) is 0 Å². The molecule has 1 atom stereocenters. The van der Waals surface area contributed by atoms with Crippen LogP contribution in [-0.4, -0.2) is 22.1 Å². The van der Waals surface area contributed by atoms with Crippen LogP contribution in [0.2, 0.25) is 0 Å². The number of hydrogen-bond donors (Lipinski definition) is 2. The minimum atomic E-state index is -4.37. The third kappa shape index (κ3) is 4.72. The van der Waals surface area contributed by atoms with E-state index in [1.54, 1.807) is 0 Å². The predicted octanol–water partition coefficient (Wildman–Crippen LogP) is 3.98. The van der Waals surface area contributed by atoms with Gasteiger partial charge < -0.3 is 15.0 Å². The highest BCUT2D eigenvalue weighted by Gasteiger charge is 2.29. The van der Waals surface area contributed by atoms with Crippen LogP contribution in [-0.2, 0) is 24.4 Å². The van der Waals surface area contributed by atoms with Crippen molar-refractivity contribution in [1.29, 1.82) is 0 Å². The first-order valence-electron chi connectivity index (χ1n) is 8.90. The maximum Gasteiger partial charge on any atom is 0.416 e. The molecule has 1 heterocycles.